The van der Waals surface area contributed by atoms with Gasteiger partial charge in [0.1, 0.15) is 5.82 Å². The summed E-state index contributed by atoms with van der Waals surface area (Å²) in [6.07, 6.45) is 1.95. The summed E-state index contributed by atoms with van der Waals surface area (Å²) in [5.74, 6) is -0.209. The molecule has 0 fully saturated rings. The summed E-state index contributed by atoms with van der Waals surface area (Å²) >= 11 is 0. The van der Waals surface area contributed by atoms with Crippen LogP contribution in [0.5, 0.6) is 0 Å². The third-order valence-electron chi connectivity index (χ3n) is 4.51. The van der Waals surface area contributed by atoms with Crippen molar-refractivity contribution in [3.05, 3.63) is 65.6 Å². The number of rotatable bonds is 4. The number of carbonyl (C=O) groups excluding carboxylic acids is 1. The predicted octanol–water partition coefficient (Wildman–Crippen LogP) is 6.02. The first-order valence-corrected chi connectivity index (χ1v) is 8.48. The number of hydrogen-bond donors (Lipinski definition) is 0. The molecule has 2 aromatic carbocycles. The van der Waals surface area contributed by atoms with Crippen LogP contribution in [0.3, 0.4) is 0 Å². The summed E-state index contributed by atoms with van der Waals surface area (Å²) in [7, 11) is 0. The van der Waals surface area contributed by atoms with Gasteiger partial charge in [0.15, 0.2) is 5.78 Å². The Morgan fingerprint density at radius 2 is 1.68 bits per heavy atom. The van der Waals surface area contributed by atoms with Crippen molar-refractivity contribution in [2.75, 3.05) is 0 Å². The van der Waals surface area contributed by atoms with Crippen LogP contribution in [-0.2, 0) is 4.79 Å². The number of ketones is 1. The number of benzene rings is 2. The molecule has 0 unspecified atom stereocenters. The molecule has 2 nitrogen and oxygen atoms in total. The highest BCUT2D eigenvalue weighted by Crippen LogP contribution is 2.38. The average Bonchev–Trinajstić information content (AvgIpc) is 2.89. The number of allylic oxidation sites excluding steroid dienone is 1. The largest absolute Gasteiger partial charge is 0.338 e. The van der Waals surface area contributed by atoms with E-state index in [0.29, 0.717) is 5.57 Å². The third-order valence-corrected chi connectivity index (χ3v) is 4.51. The van der Waals surface area contributed by atoms with Crippen LogP contribution in [0.1, 0.15) is 39.4 Å². The summed E-state index contributed by atoms with van der Waals surface area (Å²) in [6, 6.07) is 14.9. The molecule has 3 heteroatoms. The minimum Gasteiger partial charge on any atom is -0.338 e. The Hall–Kier alpha value is -2.68. The molecule has 0 spiro atoms. The van der Waals surface area contributed by atoms with Gasteiger partial charge in [-0.05, 0) is 63.1 Å². The Morgan fingerprint density at radius 3 is 2.28 bits per heavy atom. The van der Waals surface area contributed by atoms with Crippen molar-refractivity contribution in [2.45, 2.75) is 33.7 Å². The second kappa shape index (κ2) is 6.67. The van der Waals surface area contributed by atoms with Gasteiger partial charge in [-0.15, -0.1) is 0 Å². The SMILES string of the molecule is CC(=O)/C(C)=C/c1c(-c2ccc(F)cc2)c2ccccc2n1C(C)C. The van der Waals surface area contributed by atoms with Gasteiger partial charge in [-0.1, -0.05) is 30.3 Å². The average molecular weight is 335 g/mol. The zero-order valence-electron chi connectivity index (χ0n) is 15.0. The summed E-state index contributed by atoms with van der Waals surface area (Å²) in [4.78, 5) is 11.8. The Kier molecular flexibility index (Phi) is 4.58. The zero-order chi connectivity index (χ0) is 18.1. The molecule has 128 valence electrons. The van der Waals surface area contributed by atoms with Gasteiger partial charge in [0.05, 0.1) is 5.69 Å². The molecule has 0 aliphatic carbocycles. The monoisotopic (exact) mass is 335 g/mol. The molecule has 0 saturated carbocycles. The zero-order valence-corrected chi connectivity index (χ0v) is 15.0. The van der Waals surface area contributed by atoms with Gasteiger partial charge in [-0.3, -0.25) is 4.79 Å². The third kappa shape index (κ3) is 3.14. The van der Waals surface area contributed by atoms with Gasteiger partial charge in [0.25, 0.3) is 0 Å². The van der Waals surface area contributed by atoms with Gasteiger partial charge in [0.2, 0.25) is 0 Å². The molecule has 1 heterocycles. The van der Waals surface area contributed by atoms with Crippen molar-refractivity contribution < 1.29 is 9.18 Å². The van der Waals surface area contributed by atoms with Crippen LogP contribution in [0.2, 0.25) is 0 Å². The van der Waals surface area contributed by atoms with Gasteiger partial charge >= 0.3 is 0 Å². The summed E-state index contributed by atoms with van der Waals surface area (Å²) in [5, 5.41) is 1.10. The number of fused-ring (bicyclic) bond motifs is 1. The Labute approximate surface area is 147 Å². The standard InChI is InChI=1S/C22H22FNO/c1-14(2)24-20-8-6-5-7-19(20)22(17-9-11-18(23)12-10-17)21(24)13-15(3)16(4)25/h5-14H,1-4H3/b15-13+. The minimum absolute atomic E-state index is 0.0469. The van der Waals surface area contributed by atoms with Crippen molar-refractivity contribution in [2.24, 2.45) is 0 Å². The van der Waals surface area contributed by atoms with E-state index in [1.54, 1.807) is 19.1 Å². The molecule has 25 heavy (non-hydrogen) atoms. The Bertz CT molecular complexity index is 962. The topological polar surface area (TPSA) is 22.0 Å². The van der Waals surface area contributed by atoms with Crippen LogP contribution >= 0.6 is 0 Å². The lowest BCUT2D eigenvalue weighted by atomic mass is 10.0. The molecule has 0 radical (unpaired) electrons. The van der Waals surface area contributed by atoms with Crippen LogP contribution in [0.4, 0.5) is 4.39 Å². The highest BCUT2D eigenvalue weighted by molar-refractivity contribution is 6.04. The van der Waals surface area contributed by atoms with Crippen LogP contribution in [-0.4, -0.2) is 10.4 Å². The van der Waals surface area contributed by atoms with E-state index in [4.69, 9.17) is 0 Å². The number of hydrogen-bond acceptors (Lipinski definition) is 1. The van der Waals surface area contributed by atoms with Crippen LogP contribution < -0.4 is 0 Å². The molecular formula is C22H22FNO. The Balaban J connectivity index is 2.42. The fourth-order valence-electron chi connectivity index (χ4n) is 3.21. The number of nitrogens with zero attached hydrogens (tertiary/aromatic N) is 1. The van der Waals surface area contributed by atoms with E-state index in [2.05, 4.69) is 30.5 Å². The lowest BCUT2D eigenvalue weighted by molar-refractivity contribution is -0.113. The molecule has 3 rings (SSSR count). The molecule has 3 aromatic rings. The van der Waals surface area contributed by atoms with Crippen molar-refractivity contribution in [3.8, 4) is 11.1 Å². The second-order valence-electron chi connectivity index (χ2n) is 6.63. The fourth-order valence-corrected chi connectivity index (χ4v) is 3.21. The number of carbonyl (C=O) groups is 1. The first-order valence-electron chi connectivity index (χ1n) is 8.48. The van der Waals surface area contributed by atoms with Gasteiger partial charge in [-0.2, -0.15) is 0 Å². The van der Waals surface area contributed by atoms with Crippen molar-refractivity contribution in [1.82, 2.24) is 4.57 Å². The van der Waals surface area contributed by atoms with Crippen LogP contribution in [0, 0.1) is 5.82 Å². The fraction of sp³-hybridized carbons (Fsp3) is 0.227. The van der Waals surface area contributed by atoms with E-state index in [0.717, 1.165) is 27.7 Å². The summed E-state index contributed by atoms with van der Waals surface area (Å²) < 4.78 is 15.6. The van der Waals surface area contributed by atoms with Crippen molar-refractivity contribution in [3.63, 3.8) is 0 Å². The Morgan fingerprint density at radius 1 is 1.04 bits per heavy atom. The summed E-state index contributed by atoms with van der Waals surface area (Å²) in [5.41, 5.74) is 4.77. The normalized spacial score (nSPS) is 12.2. The van der Waals surface area contributed by atoms with Crippen LogP contribution in [0.15, 0.2) is 54.1 Å². The second-order valence-corrected chi connectivity index (χ2v) is 6.63. The maximum absolute atomic E-state index is 13.4. The molecule has 0 aliphatic rings. The lowest BCUT2D eigenvalue weighted by Gasteiger charge is -2.14. The van der Waals surface area contributed by atoms with E-state index in [1.165, 1.54) is 12.1 Å². The van der Waals surface area contributed by atoms with E-state index >= 15 is 0 Å². The minimum atomic E-state index is -0.256. The molecule has 0 atom stereocenters. The van der Waals surface area contributed by atoms with Gasteiger partial charge in [0, 0.05) is 22.5 Å². The van der Waals surface area contributed by atoms with Crippen molar-refractivity contribution >= 4 is 22.8 Å². The highest BCUT2D eigenvalue weighted by atomic mass is 19.1. The molecule has 0 amide bonds. The van der Waals surface area contributed by atoms with E-state index in [1.807, 2.05) is 25.1 Å². The number of Topliss-reactive ketones (excluding diaryl/α,β-unsaturated/α-hetero) is 1. The predicted molar refractivity (Wildman–Crippen MR) is 102 cm³/mol. The quantitative estimate of drug-likeness (QED) is 0.534. The highest BCUT2D eigenvalue weighted by Gasteiger charge is 2.19. The molecule has 0 aliphatic heterocycles. The molecular weight excluding hydrogens is 313 g/mol. The molecule has 1 aromatic heterocycles. The first kappa shape index (κ1) is 17.2. The molecule has 0 N–H and O–H groups in total. The maximum atomic E-state index is 13.4. The number of halogens is 1. The van der Waals surface area contributed by atoms with Crippen LogP contribution in [0.25, 0.3) is 28.1 Å². The van der Waals surface area contributed by atoms with E-state index in [-0.39, 0.29) is 17.6 Å². The number of para-hydroxylation sites is 1. The summed E-state index contributed by atoms with van der Waals surface area (Å²) in [6.45, 7) is 7.66. The first-order chi connectivity index (χ1) is 11.9. The van der Waals surface area contributed by atoms with E-state index < -0.39 is 0 Å². The number of aromatic nitrogens is 1. The van der Waals surface area contributed by atoms with Crippen molar-refractivity contribution in [1.29, 1.82) is 0 Å². The van der Waals surface area contributed by atoms with Gasteiger partial charge in [-0.25, -0.2) is 4.39 Å². The smallest absolute Gasteiger partial charge is 0.155 e. The lowest BCUT2D eigenvalue weighted by Crippen LogP contribution is -2.04. The molecule has 0 bridgehead atoms. The maximum Gasteiger partial charge on any atom is 0.155 e. The van der Waals surface area contributed by atoms with Gasteiger partial charge < -0.3 is 4.57 Å². The van der Waals surface area contributed by atoms with E-state index in [9.17, 15) is 9.18 Å². The molecule has 0 saturated heterocycles.